The molecule has 0 saturated carbocycles. The highest BCUT2D eigenvalue weighted by Gasteiger charge is 2.15. The van der Waals surface area contributed by atoms with Gasteiger partial charge in [-0.3, -0.25) is 9.58 Å². The SMILES string of the molecule is CC1=CCCN(CC(N)c2cnn(C)c2)C1. The summed E-state index contributed by atoms with van der Waals surface area (Å²) in [5, 5.41) is 4.15. The molecule has 1 aliphatic rings. The van der Waals surface area contributed by atoms with Crippen LogP contribution in [0.4, 0.5) is 0 Å². The molecule has 88 valence electrons. The molecule has 0 radical (unpaired) electrons. The lowest BCUT2D eigenvalue weighted by Gasteiger charge is -2.28. The average Bonchev–Trinajstić information content (AvgIpc) is 2.65. The summed E-state index contributed by atoms with van der Waals surface area (Å²) in [5.74, 6) is 0. The van der Waals surface area contributed by atoms with Gasteiger partial charge in [-0.05, 0) is 13.3 Å². The van der Waals surface area contributed by atoms with Crippen LogP contribution < -0.4 is 5.73 Å². The van der Waals surface area contributed by atoms with Crippen LogP contribution in [-0.4, -0.2) is 34.3 Å². The lowest BCUT2D eigenvalue weighted by molar-refractivity contribution is 0.272. The van der Waals surface area contributed by atoms with Crippen LogP contribution in [0, 0.1) is 0 Å². The molecule has 2 rings (SSSR count). The van der Waals surface area contributed by atoms with Crippen LogP contribution in [0.5, 0.6) is 0 Å². The summed E-state index contributed by atoms with van der Waals surface area (Å²) in [6, 6.07) is 0.0691. The van der Waals surface area contributed by atoms with Gasteiger partial charge in [-0.1, -0.05) is 11.6 Å². The van der Waals surface area contributed by atoms with Crippen LogP contribution in [0.2, 0.25) is 0 Å². The van der Waals surface area contributed by atoms with Gasteiger partial charge in [0.2, 0.25) is 0 Å². The van der Waals surface area contributed by atoms with Gasteiger partial charge in [0.25, 0.3) is 0 Å². The second-order valence-electron chi connectivity index (χ2n) is 4.63. The fourth-order valence-electron chi connectivity index (χ4n) is 2.16. The molecule has 2 N–H and O–H groups in total. The Bertz CT molecular complexity index is 380. The van der Waals surface area contributed by atoms with Gasteiger partial charge in [0, 0.05) is 44.5 Å². The minimum Gasteiger partial charge on any atom is -0.323 e. The van der Waals surface area contributed by atoms with E-state index in [0.717, 1.165) is 31.6 Å². The summed E-state index contributed by atoms with van der Waals surface area (Å²) < 4.78 is 1.80. The summed E-state index contributed by atoms with van der Waals surface area (Å²) in [6.45, 7) is 5.26. The van der Waals surface area contributed by atoms with E-state index in [2.05, 4.69) is 23.0 Å². The molecule has 0 aromatic carbocycles. The fourth-order valence-corrected chi connectivity index (χ4v) is 2.16. The summed E-state index contributed by atoms with van der Waals surface area (Å²) in [4.78, 5) is 2.41. The second-order valence-corrected chi connectivity index (χ2v) is 4.63. The first-order chi connectivity index (χ1) is 7.65. The third-order valence-corrected chi connectivity index (χ3v) is 3.02. The molecule has 1 aromatic heterocycles. The van der Waals surface area contributed by atoms with E-state index in [1.54, 1.807) is 4.68 Å². The van der Waals surface area contributed by atoms with Gasteiger partial charge in [0.15, 0.2) is 0 Å². The minimum atomic E-state index is 0.0691. The molecule has 16 heavy (non-hydrogen) atoms. The van der Waals surface area contributed by atoms with Gasteiger partial charge in [-0.25, -0.2) is 0 Å². The van der Waals surface area contributed by atoms with Gasteiger partial charge in [0.1, 0.15) is 0 Å². The molecular formula is C12H20N4. The van der Waals surface area contributed by atoms with Crippen molar-refractivity contribution in [2.24, 2.45) is 12.8 Å². The smallest absolute Gasteiger partial charge is 0.0537 e. The summed E-state index contributed by atoms with van der Waals surface area (Å²) in [5.41, 5.74) is 8.74. The number of rotatable bonds is 3. The van der Waals surface area contributed by atoms with Crippen molar-refractivity contribution in [2.75, 3.05) is 19.6 Å². The Morgan fingerprint density at radius 2 is 2.38 bits per heavy atom. The van der Waals surface area contributed by atoms with Gasteiger partial charge in [0.05, 0.1) is 6.20 Å². The van der Waals surface area contributed by atoms with Crippen molar-refractivity contribution in [3.8, 4) is 0 Å². The monoisotopic (exact) mass is 220 g/mol. The molecule has 0 saturated heterocycles. The molecule has 0 fully saturated rings. The lowest BCUT2D eigenvalue weighted by Crippen LogP contribution is -2.35. The fraction of sp³-hybridized carbons (Fsp3) is 0.583. The zero-order chi connectivity index (χ0) is 11.5. The van der Waals surface area contributed by atoms with Gasteiger partial charge in [-0.2, -0.15) is 5.10 Å². The topological polar surface area (TPSA) is 47.1 Å². The van der Waals surface area contributed by atoms with Crippen molar-refractivity contribution >= 4 is 0 Å². The minimum absolute atomic E-state index is 0.0691. The first kappa shape index (κ1) is 11.4. The van der Waals surface area contributed by atoms with Gasteiger partial charge < -0.3 is 5.73 Å². The van der Waals surface area contributed by atoms with Crippen molar-refractivity contribution in [3.05, 3.63) is 29.6 Å². The van der Waals surface area contributed by atoms with Crippen LogP contribution in [-0.2, 0) is 7.05 Å². The Morgan fingerprint density at radius 3 is 3.00 bits per heavy atom. The van der Waals surface area contributed by atoms with Crippen molar-refractivity contribution < 1.29 is 0 Å². The molecule has 1 aromatic rings. The molecule has 1 unspecified atom stereocenters. The average molecular weight is 220 g/mol. The molecule has 2 heterocycles. The van der Waals surface area contributed by atoms with Crippen molar-refractivity contribution in [1.29, 1.82) is 0 Å². The number of hydrogen-bond donors (Lipinski definition) is 1. The number of aromatic nitrogens is 2. The van der Waals surface area contributed by atoms with E-state index < -0.39 is 0 Å². The van der Waals surface area contributed by atoms with Crippen LogP contribution in [0.25, 0.3) is 0 Å². The molecule has 0 bridgehead atoms. The zero-order valence-electron chi connectivity index (χ0n) is 10.1. The molecule has 1 atom stereocenters. The quantitative estimate of drug-likeness (QED) is 0.775. The van der Waals surface area contributed by atoms with E-state index in [9.17, 15) is 0 Å². The Kier molecular flexibility index (Phi) is 3.41. The predicted octanol–water partition coefficient (Wildman–Crippen LogP) is 1.07. The number of hydrogen-bond acceptors (Lipinski definition) is 3. The van der Waals surface area contributed by atoms with Crippen LogP contribution in [0.1, 0.15) is 24.9 Å². The van der Waals surface area contributed by atoms with Crippen molar-refractivity contribution in [1.82, 2.24) is 14.7 Å². The molecule has 1 aliphatic heterocycles. The highest BCUT2D eigenvalue weighted by Crippen LogP contribution is 2.14. The van der Waals surface area contributed by atoms with E-state index in [0.29, 0.717) is 0 Å². The Morgan fingerprint density at radius 1 is 1.56 bits per heavy atom. The summed E-state index contributed by atoms with van der Waals surface area (Å²) >= 11 is 0. The second kappa shape index (κ2) is 4.80. The van der Waals surface area contributed by atoms with E-state index in [1.165, 1.54) is 5.57 Å². The van der Waals surface area contributed by atoms with Crippen LogP contribution in [0.15, 0.2) is 24.0 Å². The van der Waals surface area contributed by atoms with Crippen LogP contribution >= 0.6 is 0 Å². The number of nitrogens with zero attached hydrogens (tertiary/aromatic N) is 3. The molecule has 0 spiro atoms. The Balaban J connectivity index is 1.92. The van der Waals surface area contributed by atoms with Gasteiger partial charge >= 0.3 is 0 Å². The van der Waals surface area contributed by atoms with Gasteiger partial charge in [-0.15, -0.1) is 0 Å². The van der Waals surface area contributed by atoms with Crippen molar-refractivity contribution in [2.45, 2.75) is 19.4 Å². The zero-order valence-corrected chi connectivity index (χ0v) is 10.1. The van der Waals surface area contributed by atoms with E-state index in [4.69, 9.17) is 5.73 Å². The van der Waals surface area contributed by atoms with E-state index in [-0.39, 0.29) is 6.04 Å². The number of aryl methyl sites for hydroxylation is 1. The van der Waals surface area contributed by atoms with Crippen LogP contribution in [0.3, 0.4) is 0 Å². The van der Waals surface area contributed by atoms with E-state index >= 15 is 0 Å². The van der Waals surface area contributed by atoms with E-state index in [1.807, 2.05) is 19.4 Å². The Labute approximate surface area is 96.7 Å². The maximum atomic E-state index is 6.17. The standard InChI is InChI=1S/C12H20N4/c1-10-4-3-5-16(7-10)9-12(13)11-6-14-15(2)8-11/h4,6,8,12H,3,5,7,9,13H2,1-2H3. The highest BCUT2D eigenvalue weighted by molar-refractivity contribution is 5.11. The third-order valence-electron chi connectivity index (χ3n) is 3.02. The first-order valence-electron chi connectivity index (χ1n) is 5.77. The Hall–Kier alpha value is -1.13. The maximum absolute atomic E-state index is 6.17. The van der Waals surface area contributed by atoms with Crippen molar-refractivity contribution in [3.63, 3.8) is 0 Å². The lowest BCUT2D eigenvalue weighted by atomic mass is 10.1. The normalized spacial score (nSPS) is 19.6. The third kappa shape index (κ3) is 2.71. The molecule has 0 amide bonds. The summed E-state index contributed by atoms with van der Waals surface area (Å²) in [6.07, 6.45) is 7.31. The first-order valence-corrected chi connectivity index (χ1v) is 5.77. The number of nitrogens with two attached hydrogens (primary N) is 1. The molecular weight excluding hydrogens is 200 g/mol. The summed E-state index contributed by atoms with van der Waals surface area (Å²) in [7, 11) is 1.92. The molecule has 0 aliphatic carbocycles. The molecule has 4 nitrogen and oxygen atoms in total. The highest BCUT2D eigenvalue weighted by atomic mass is 15.2. The molecule has 4 heteroatoms. The largest absolute Gasteiger partial charge is 0.323 e. The maximum Gasteiger partial charge on any atom is 0.0537 e. The predicted molar refractivity (Wildman–Crippen MR) is 65.0 cm³/mol.